The van der Waals surface area contributed by atoms with E-state index in [0.717, 1.165) is 23.7 Å². The summed E-state index contributed by atoms with van der Waals surface area (Å²) in [6.45, 7) is 3.60. The number of aliphatic hydroxyl groups excluding tert-OH is 1. The molecule has 1 unspecified atom stereocenters. The van der Waals surface area contributed by atoms with Crippen LogP contribution in [0, 0.1) is 0 Å². The second kappa shape index (κ2) is 7.17. The van der Waals surface area contributed by atoms with Crippen molar-refractivity contribution in [2.45, 2.75) is 25.4 Å². The normalized spacial score (nSPS) is 18.7. The van der Waals surface area contributed by atoms with E-state index in [4.69, 9.17) is 4.42 Å². The number of aromatic nitrogens is 1. The van der Waals surface area contributed by atoms with Gasteiger partial charge in [-0.1, -0.05) is 6.07 Å². The number of oxazole rings is 1. The van der Waals surface area contributed by atoms with Crippen LogP contribution in [-0.2, 0) is 6.54 Å². The molecule has 1 fully saturated rings. The Morgan fingerprint density at radius 2 is 2.48 bits per heavy atom. The Kier molecular flexibility index (Phi) is 5.03. The van der Waals surface area contributed by atoms with Gasteiger partial charge in [0, 0.05) is 25.7 Å². The molecule has 0 aliphatic carbocycles. The molecule has 2 aromatic rings. The SMILES string of the molecule is OCCN(Cc1coc(-c2cccs2)n1)CC1CCCN1. The van der Waals surface area contributed by atoms with Crippen molar-refractivity contribution >= 4 is 11.3 Å². The lowest BCUT2D eigenvalue weighted by Crippen LogP contribution is -2.38. The molecule has 0 saturated carbocycles. The Bertz CT molecular complexity index is 535. The fraction of sp³-hybridized carbons (Fsp3) is 0.533. The van der Waals surface area contributed by atoms with Crippen LogP contribution < -0.4 is 5.32 Å². The molecule has 0 spiro atoms. The molecule has 3 heterocycles. The summed E-state index contributed by atoms with van der Waals surface area (Å²) in [7, 11) is 0. The lowest BCUT2D eigenvalue weighted by molar-refractivity contribution is 0.177. The molecule has 0 radical (unpaired) electrons. The van der Waals surface area contributed by atoms with Gasteiger partial charge in [0.1, 0.15) is 6.26 Å². The van der Waals surface area contributed by atoms with Crippen molar-refractivity contribution in [1.29, 1.82) is 0 Å². The molecule has 1 atom stereocenters. The number of nitrogens with one attached hydrogen (secondary N) is 1. The molecule has 1 saturated heterocycles. The first-order valence-electron chi connectivity index (χ1n) is 7.40. The maximum absolute atomic E-state index is 9.24. The van der Waals surface area contributed by atoms with Crippen LogP contribution in [0.4, 0.5) is 0 Å². The van der Waals surface area contributed by atoms with Gasteiger partial charge in [-0.05, 0) is 30.8 Å². The standard InChI is InChI=1S/C15H21N3O2S/c19-7-6-18(9-12-3-1-5-16-12)10-13-11-20-15(17-13)14-4-2-8-21-14/h2,4,8,11-12,16,19H,1,3,5-7,9-10H2. The van der Waals surface area contributed by atoms with Crippen molar-refractivity contribution in [2.24, 2.45) is 0 Å². The minimum absolute atomic E-state index is 0.169. The van der Waals surface area contributed by atoms with Crippen molar-refractivity contribution in [2.75, 3.05) is 26.2 Å². The second-order valence-corrected chi connectivity index (χ2v) is 6.32. The quantitative estimate of drug-likeness (QED) is 0.819. The Hall–Kier alpha value is -1.21. The molecule has 1 aliphatic rings. The Balaban J connectivity index is 1.62. The minimum atomic E-state index is 0.169. The third-order valence-electron chi connectivity index (χ3n) is 3.73. The molecule has 21 heavy (non-hydrogen) atoms. The van der Waals surface area contributed by atoms with Crippen molar-refractivity contribution in [3.8, 4) is 10.8 Å². The van der Waals surface area contributed by atoms with E-state index < -0.39 is 0 Å². The molecule has 2 aromatic heterocycles. The van der Waals surface area contributed by atoms with Gasteiger partial charge in [0.25, 0.3) is 0 Å². The van der Waals surface area contributed by atoms with Gasteiger partial charge in [0.05, 0.1) is 17.2 Å². The smallest absolute Gasteiger partial charge is 0.236 e. The average molecular weight is 307 g/mol. The number of nitrogens with zero attached hydrogens (tertiary/aromatic N) is 2. The zero-order valence-electron chi connectivity index (χ0n) is 12.0. The molecular weight excluding hydrogens is 286 g/mol. The van der Waals surface area contributed by atoms with E-state index in [9.17, 15) is 5.11 Å². The third-order valence-corrected chi connectivity index (χ3v) is 4.58. The molecule has 3 rings (SSSR count). The van der Waals surface area contributed by atoms with E-state index in [1.165, 1.54) is 12.8 Å². The third kappa shape index (κ3) is 3.91. The van der Waals surface area contributed by atoms with Gasteiger partial charge >= 0.3 is 0 Å². The molecule has 6 heteroatoms. The largest absolute Gasteiger partial charge is 0.444 e. The van der Waals surface area contributed by atoms with Crippen LogP contribution in [0.25, 0.3) is 10.8 Å². The predicted molar refractivity (Wildman–Crippen MR) is 83.2 cm³/mol. The van der Waals surface area contributed by atoms with E-state index in [1.807, 2.05) is 17.5 Å². The molecule has 0 bridgehead atoms. The molecule has 0 aromatic carbocycles. The van der Waals surface area contributed by atoms with Gasteiger partial charge in [-0.15, -0.1) is 11.3 Å². The van der Waals surface area contributed by atoms with Gasteiger partial charge in [-0.2, -0.15) is 0 Å². The number of thiophene rings is 1. The topological polar surface area (TPSA) is 61.5 Å². The van der Waals surface area contributed by atoms with E-state index in [-0.39, 0.29) is 6.61 Å². The summed E-state index contributed by atoms with van der Waals surface area (Å²) in [5.41, 5.74) is 0.921. The summed E-state index contributed by atoms with van der Waals surface area (Å²) in [5.74, 6) is 0.683. The fourth-order valence-electron chi connectivity index (χ4n) is 2.72. The maximum Gasteiger partial charge on any atom is 0.236 e. The molecule has 0 amide bonds. The van der Waals surface area contributed by atoms with Gasteiger partial charge < -0.3 is 14.8 Å². The van der Waals surface area contributed by atoms with E-state index in [0.29, 0.717) is 25.0 Å². The highest BCUT2D eigenvalue weighted by atomic mass is 32.1. The summed E-state index contributed by atoms with van der Waals surface area (Å²) in [4.78, 5) is 7.83. The Morgan fingerprint density at radius 3 is 3.19 bits per heavy atom. The summed E-state index contributed by atoms with van der Waals surface area (Å²) in [5, 5.41) is 14.8. The molecular formula is C15H21N3O2S. The summed E-state index contributed by atoms with van der Waals surface area (Å²) in [6, 6.07) is 4.53. The van der Waals surface area contributed by atoms with Crippen LogP contribution in [0.5, 0.6) is 0 Å². The lowest BCUT2D eigenvalue weighted by atomic mass is 10.2. The number of hydrogen-bond acceptors (Lipinski definition) is 6. The van der Waals surface area contributed by atoms with E-state index in [2.05, 4.69) is 15.2 Å². The van der Waals surface area contributed by atoms with Gasteiger partial charge in [-0.3, -0.25) is 4.90 Å². The predicted octanol–water partition coefficient (Wildman–Crippen LogP) is 1.95. The molecule has 2 N–H and O–H groups in total. The summed E-state index contributed by atoms with van der Waals surface area (Å²) < 4.78 is 5.55. The minimum Gasteiger partial charge on any atom is -0.444 e. The van der Waals surface area contributed by atoms with Crippen LogP contribution in [0.3, 0.4) is 0 Å². The first kappa shape index (κ1) is 14.7. The van der Waals surface area contributed by atoms with Crippen molar-refractivity contribution in [3.05, 3.63) is 29.5 Å². The first-order valence-corrected chi connectivity index (χ1v) is 8.28. The number of rotatable bonds is 7. The maximum atomic E-state index is 9.24. The summed E-state index contributed by atoms with van der Waals surface area (Å²) >= 11 is 1.62. The van der Waals surface area contributed by atoms with Crippen LogP contribution in [0.15, 0.2) is 28.2 Å². The van der Waals surface area contributed by atoms with Crippen molar-refractivity contribution in [1.82, 2.24) is 15.2 Å². The molecule has 5 nitrogen and oxygen atoms in total. The van der Waals surface area contributed by atoms with E-state index >= 15 is 0 Å². The average Bonchev–Trinajstić information content (AvgIpc) is 3.21. The zero-order valence-corrected chi connectivity index (χ0v) is 12.8. The lowest BCUT2D eigenvalue weighted by Gasteiger charge is -2.23. The van der Waals surface area contributed by atoms with Crippen LogP contribution in [0.1, 0.15) is 18.5 Å². The first-order chi connectivity index (χ1) is 10.3. The van der Waals surface area contributed by atoms with Crippen LogP contribution in [0.2, 0.25) is 0 Å². The van der Waals surface area contributed by atoms with Crippen LogP contribution in [-0.4, -0.2) is 47.3 Å². The highest BCUT2D eigenvalue weighted by molar-refractivity contribution is 7.13. The molecule has 114 valence electrons. The van der Waals surface area contributed by atoms with Crippen molar-refractivity contribution in [3.63, 3.8) is 0 Å². The highest BCUT2D eigenvalue weighted by Crippen LogP contribution is 2.24. The van der Waals surface area contributed by atoms with Crippen molar-refractivity contribution < 1.29 is 9.52 Å². The van der Waals surface area contributed by atoms with E-state index in [1.54, 1.807) is 17.6 Å². The molecule has 1 aliphatic heterocycles. The Morgan fingerprint density at radius 1 is 1.52 bits per heavy atom. The van der Waals surface area contributed by atoms with Gasteiger partial charge in [0.15, 0.2) is 0 Å². The van der Waals surface area contributed by atoms with Gasteiger partial charge in [0.2, 0.25) is 5.89 Å². The fourth-order valence-corrected chi connectivity index (χ4v) is 3.38. The van der Waals surface area contributed by atoms with Gasteiger partial charge in [-0.25, -0.2) is 4.98 Å². The zero-order chi connectivity index (χ0) is 14.5. The highest BCUT2D eigenvalue weighted by Gasteiger charge is 2.19. The van der Waals surface area contributed by atoms with Crippen LogP contribution >= 0.6 is 11.3 Å². The monoisotopic (exact) mass is 307 g/mol. The number of aliphatic hydroxyl groups is 1. The number of hydrogen-bond donors (Lipinski definition) is 2. The summed E-state index contributed by atoms with van der Waals surface area (Å²) in [6.07, 6.45) is 4.17. The Labute approximate surface area is 128 Å². The second-order valence-electron chi connectivity index (χ2n) is 5.37.